The normalized spacial score (nSPS) is 20.1. The fourth-order valence-corrected chi connectivity index (χ4v) is 4.05. The van der Waals surface area contributed by atoms with Gasteiger partial charge in [0.15, 0.2) is 0 Å². The van der Waals surface area contributed by atoms with Crippen LogP contribution in [0.4, 0.5) is 18.9 Å². The van der Waals surface area contributed by atoms with E-state index in [0.717, 1.165) is 29.8 Å². The van der Waals surface area contributed by atoms with Crippen LogP contribution in [0.1, 0.15) is 61.8 Å². The molecule has 0 aromatic heterocycles. The van der Waals surface area contributed by atoms with Gasteiger partial charge in [0.2, 0.25) is 0 Å². The van der Waals surface area contributed by atoms with Crippen LogP contribution in [0, 0.1) is 5.92 Å². The molecule has 3 nitrogen and oxygen atoms in total. The van der Waals surface area contributed by atoms with Gasteiger partial charge in [-0.1, -0.05) is 38.1 Å². The molecule has 2 aromatic rings. The average Bonchev–Trinajstić information content (AvgIpc) is 2.67. The van der Waals surface area contributed by atoms with Crippen LogP contribution in [0.25, 0.3) is 0 Å². The molecule has 29 heavy (non-hydrogen) atoms. The number of hydrogen-bond donors (Lipinski definition) is 1. The molecule has 0 amide bonds. The first kappa shape index (κ1) is 21.2. The van der Waals surface area contributed by atoms with E-state index in [2.05, 4.69) is 30.9 Å². The van der Waals surface area contributed by atoms with Crippen LogP contribution in [0.15, 0.2) is 48.5 Å². The third-order valence-corrected chi connectivity index (χ3v) is 5.67. The van der Waals surface area contributed by atoms with E-state index >= 15 is 0 Å². The zero-order chi connectivity index (χ0) is 21.2. The van der Waals surface area contributed by atoms with E-state index < -0.39 is 17.7 Å². The Kier molecular flexibility index (Phi) is 6.20. The molecule has 1 fully saturated rings. The summed E-state index contributed by atoms with van der Waals surface area (Å²) in [5, 5.41) is 9.19. The Morgan fingerprint density at radius 2 is 1.86 bits per heavy atom. The number of alkyl halides is 3. The van der Waals surface area contributed by atoms with Gasteiger partial charge in [-0.3, -0.25) is 4.79 Å². The zero-order valence-electron chi connectivity index (χ0n) is 16.6. The lowest BCUT2D eigenvalue weighted by Gasteiger charge is -2.41. The molecule has 0 spiro atoms. The van der Waals surface area contributed by atoms with Gasteiger partial charge in [0.05, 0.1) is 11.6 Å². The number of piperidine rings is 1. The van der Waals surface area contributed by atoms with Crippen LogP contribution in [0.5, 0.6) is 0 Å². The molecule has 3 rings (SSSR count). The van der Waals surface area contributed by atoms with Crippen LogP contribution in [-0.2, 0) is 11.0 Å². The summed E-state index contributed by atoms with van der Waals surface area (Å²) in [7, 11) is 0. The average molecular weight is 405 g/mol. The molecule has 1 N–H and O–H groups in total. The molecule has 0 bridgehead atoms. The fourth-order valence-electron chi connectivity index (χ4n) is 4.05. The summed E-state index contributed by atoms with van der Waals surface area (Å²) in [6, 6.07) is 13.3. The van der Waals surface area contributed by atoms with E-state index in [1.165, 1.54) is 17.7 Å². The summed E-state index contributed by atoms with van der Waals surface area (Å²) >= 11 is 0. The molecule has 0 aliphatic carbocycles. The summed E-state index contributed by atoms with van der Waals surface area (Å²) in [4.78, 5) is 13.4. The Labute approximate surface area is 169 Å². The Bertz CT molecular complexity index is 846. The van der Waals surface area contributed by atoms with E-state index in [4.69, 9.17) is 0 Å². The van der Waals surface area contributed by atoms with Crippen molar-refractivity contribution in [2.24, 2.45) is 5.92 Å². The van der Waals surface area contributed by atoms with E-state index in [0.29, 0.717) is 18.9 Å². The number of anilines is 1. The molecule has 1 aliphatic rings. The zero-order valence-corrected chi connectivity index (χ0v) is 16.6. The predicted octanol–water partition coefficient (Wildman–Crippen LogP) is 6.26. The number of nitrogens with zero attached hydrogens (tertiary/aromatic N) is 1. The van der Waals surface area contributed by atoms with Crippen LogP contribution < -0.4 is 4.90 Å². The molecule has 6 heteroatoms. The first-order valence-corrected chi connectivity index (χ1v) is 9.90. The lowest BCUT2D eigenvalue weighted by Crippen LogP contribution is -2.37. The SMILES string of the molecule is CC(C)c1cccc(N2CCC(CC(=O)O)CC2c2ccc(C(F)(F)F)cc2)c1. The molecule has 2 atom stereocenters. The topological polar surface area (TPSA) is 40.5 Å². The second-order valence-electron chi connectivity index (χ2n) is 8.07. The maximum Gasteiger partial charge on any atom is 0.416 e. The molecular formula is C23H26F3NO2. The highest BCUT2D eigenvalue weighted by molar-refractivity contribution is 5.67. The summed E-state index contributed by atoms with van der Waals surface area (Å²) in [5.74, 6) is -0.468. The Hall–Kier alpha value is -2.50. The summed E-state index contributed by atoms with van der Waals surface area (Å²) < 4.78 is 38.9. The van der Waals surface area contributed by atoms with Gasteiger partial charge in [0.25, 0.3) is 0 Å². The summed E-state index contributed by atoms with van der Waals surface area (Å²) in [5.41, 5.74) is 2.33. The monoisotopic (exact) mass is 405 g/mol. The quantitative estimate of drug-likeness (QED) is 0.638. The number of benzene rings is 2. The van der Waals surface area contributed by atoms with Crippen molar-refractivity contribution in [2.75, 3.05) is 11.4 Å². The summed E-state index contributed by atoms with van der Waals surface area (Å²) in [6.07, 6.45) is -2.95. The standard InChI is InChI=1S/C23H26F3NO2/c1-15(2)18-4-3-5-20(14-18)27-11-10-16(13-22(28)29)12-21(27)17-6-8-19(9-7-17)23(24,25)26/h3-9,14-16,21H,10-13H2,1-2H3,(H,28,29). The Morgan fingerprint density at radius 1 is 1.17 bits per heavy atom. The molecule has 2 aromatic carbocycles. The number of aliphatic carboxylic acids is 1. The lowest BCUT2D eigenvalue weighted by molar-refractivity contribution is -0.139. The molecule has 2 unspecified atom stereocenters. The predicted molar refractivity (Wildman–Crippen MR) is 107 cm³/mol. The van der Waals surface area contributed by atoms with E-state index in [9.17, 15) is 23.1 Å². The number of carboxylic acid groups (broad SMARTS) is 1. The summed E-state index contributed by atoms with van der Waals surface area (Å²) in [6.45, 7) is 4.91. The minimum Gasteiger partial charge on any atom is -0.481 e. The third-order valence-electron chi connectivity index (χ3n) is 5.67. The van der Waals surface area contributed by atoms with Gasteiger partial charge in [-0.15, -0.1) is 0 Å². The highest BCUT2D eigenvalue weighted by Crippen LogP contribution is 2.40. The van der Waals surface area contributed by atoms with Crippen molar-refractivity contribution in [1.29, 1.82) is 0 Å². The van der Waals surface area contributed by atoms with Crippen molar-refractivity contribution in [1.82, 2.24) is 0 Å². The second-order valence-corrected chi connectivity index (χ2v) is 8.07. The van der Waals surface area contributed by atoms with Gasteiger partial charge < -0.3 is 10.0 Å². The van der Waals surface area contributed by atoms with Gasteiger partial charge in [-0.05, 0) is 60.1 Å². The fraction of sp³-hybridized carbons (Fsp3) is 0.435. The molecule has 0 radical (unpaired) electrons. The van der Waals surface area contributed by atoms with Crippen molar-refractivity contribution in [2.45, 2.75) is 51.2 Å². The Balaban J connectivity index is 1.94. The number of carboxylic acids is 1. The maximum absolute atomic E-state index is 13.0. The van der Waals surface area contributed by atoms with Gasteiger partial charge in [-0.2, -0.15) is 13.2 Å². The molecule has 0 saturated carbocycles. The smallest absolute Gasteiger partial charge is 0.416 e. The largest absolute Gasteiger partial charge is 0.481 e. The highest BCUT2D eigenvalue weighted by atomic mass is 19.4. The number of halogens is 3. The van der Waals surface area contributed by atoms with Gasteiger partial charge >= 0.3 is 12.1 Å². The molecular weight excluding hydrogens is 379 g/mol. The molecule has 1 aliphatic heterocycles. The minimum absolute atomic E-state index is 0.00400. The highest BCUT2D eigenvalue weighted by Gasteiger charge is 2.33. The van der Waals surface area contributed by atoms with E-state index in [-0.39, 0.29) is 18.4 Å². The molecule has 1 heterocycles. The second kappa shape index (κ2) is 8.47. The van der Waals surface area contributed by atoms with E-state index in [1.807, 2.05) is 12.1 Å². The maximum atomic E-state index is 13.0. The van der Waals surface area contributed by atoms with Crippen molar-refractivity contribution >= 4 is 11.7 Å². The first-order chi connectivity index (χ1) is 13.6. The Morgan fingerprint density at radius 3 is 2.45 bits per heavy atom. The number of hydrogen-bond acceptors (Lipinski definition) is 2. The van der Waals surface area contributed by atoms with Crippen LogP contribution in [0.2, 0.25) is 0 Å². The number of carbonyl (C=O) groups is 1. The van der Waals surface area contributed by atoms with Gasteiger partial charge in [0.1, 0.15) is 0 Å². The minimum atomic E-state index is -4.37. The number of rotatable bonds is 5. The molecule has 1 saturated heterocycles. The van der Waals surface area contributed by atoms with Gasteiger partial charge in [0, 0.05) is 18.7 Å². The first-order valence-electron chi connectivity index (χ1n) is 9.90. The third kappa shape index (κ3) is 5.11. The van der Waals surface area contributed by atoms with Crippen molar-refractivity contribution < 1.29 is 23.1 Å². The van der Waals surface area contributed by atoms with E-state index in [1.54, 1.807) is 0 Å². The van der Waals surface area contributed by atoms with Crippen molar-refractivity contribution in [3.63, 3.8) is 0 Å². The van der Waals surface area contributed by atoms with Crippen LogP contribution >= 0.6 is 0 Å². The van der Waals surface area contributed by atoms with Crippen molar-refractivity contribution in [3.05, 3.63) is 65.2 Å². The molecule has 156 valence electrons. The van der Waals surface area contributed by atoms with Crippen LogP contribution in [0.3, 0.4) is 0 Å². The van der Waals surface area contributed by atoms with Crippen LogP contribution in [-0.4, -0.2) is 17.6 Å². The lowest BCUT2D eigenvalue weighted by atomic mass is 9.84. The van der Waals surface area contributed by atoms with Crippen molar-refractivity contribution in [3.8, 4) is 0 Å². The van der Waals surface area contributed by atoms with Gasteiger partial charge in [-0.25, -0.2) is 0 Å².